The molecule has 3 aliphatic rings. The summed E-state index contributed by atoms with van der Waals surface area (Å²) in [4.78, 5) is 19.1. The number of amides is 1. The molecular weight excluding hydrogens is 214 g/mol. The van der Waals surface area contributed by atoms with Crippen molar-refractivity contribution in [2.75, 3.05) is 26.7 Å². The molecule has 4 heteroatoms. The van der Waals surface area contributed by atoms with E-state index in [4.69, 9.17) is 0 Å². The fraction of sp³-hybridized carbons (Fsp3) is 0.538. The van der Waals surface area contributed by atoms with Crippen LogP contribution in [0.15, 0.2) is 29.4 Å². The minimum atomic E-state index is -0.0174. The Morgan fingerprint density at radius 3 is 2.59 bits per heavy atom. The van der Waals surface area contributed by atoms with Gasteiger partial charge in [0.2, 0.25) is 5.91 Å². The summed E-state index contributed by atoms with van der Waals surface area (Å²) in [5, 5.41) is 0. The van der Waals surface area contributed by atoms with Crippen LogP contribution in [0.1, 0.15) is 19.3 Å². The number of carbonyl (C=O) groups excluding carboxylic acids is 1. The molecule has 3 heterocycles. The highest BCUT2D eigenvalue weighted by molar-refractivity contribution is 6.04. The molecule has 0 unspecified atom stereocenters. The minimum absolute atomic E-state index is 0.0174. The third-order valence-electron chi connectivity index (χ3n) is 3.05. The van der Waals surface area contributed by atoms with E-state index in [2.05, 4.69) is 16.9 Å². The number of aliphatic imine (C=N–C) groups is 1. The molecule has 3 aliphatic heterocycles. The molecule has 17 heavy (non-hydrogen) atoms. The monoisotopic (exact) mass is 233 g/mol. The van der Waals surface area contributed by atoms with Gasteiger partial charge in [0.15, 0.2) is 0 Å². The highest BCUT2D eigenvalue weighted by atomic mass is 16.1. The highest BCUT2D eigenvalue weighted by Crippen LogP contribution is 2.09. The predicted molar refractivity (Wildman–Crippen MR) is 68.8 cm³/mol. The van der Waals surface area contributed by atoms with E-state index >= 15 is 0 Å². The minimum Gasteiger partial charge on any atom is -0.332 e. The Labute approximate surface area is 102 Å². The standard InChI is InChI=1S/C8H8N2O.C5H11N/c11-8-4-6-10-5-2-1-3-7(10)9-8;1-6-4-2-3-5-6/h1-3,5H,4,6H2;2-5H2,1H3. The lowest BCUT2D eigenvalue weighted by Gasteiger charge is -2.24. The van der Waals surface area contributed by atoms with Crippen molar-refractivity contribution in [2.24, 2.45) is 4.99 Å². The van der Waals surface area contributed by atoms with Crippen LogP contribution in [0.2, 0.25) is 0 Å². The summed E-state index contributed by atoms with van der Waals surface area (Å²) in [5.74, 6) is 0.750. The molecule has 0 aromatic carbocycles. The van der Waals surface area contributed by atoms with Gasteiger partial charge >= 0.3 is 0 Å². The number of rotatable bonds is 0. The summed E-state index contributed by atoms with van der Waals surface area (Å²) in [6.07, 6.45) is 11.0. The van der Waals surface area contributed by atoms with Gasteiger partial charge in [0, 0.05) is 19.2 Å². The van der Waals surface area contributed by atoms with E-state index in [1.165, 1.54) is 25.9 Å². The molecule has 0 spiro atoms. The van der Waals surface area contributed by atoms with Crippen LogP contribution >= 0.6 is 0 Å². The second kappa shape index (κ2) is 5.77. The normalized spacial score (nSPS) is 23.0. The first kappa shape index (κ1) is 12.0. The molecule has 0 N–H and O–H groups in total. The summed E-state index contributed by atoms with van der Waals surface area (Å²) in [6, 6.07) is 0. The number of allylic oxidation sites excluding steroid dienone is 2. The smallest absolute Gasteiger partial charge is 0.249 e. The van der Waals surface area contributed by atoms with Gasteiger partial charge in [-0.1, -0.05) is 6.08 Å². The molecular formula is C13H19N3O. The van der Waals surface area contributed by atoms with Gasteiger partial charge in [0.05, 0.1) is 0 Å². The van der Waals surface area contributed by atoms with Crippen molar-refractivity contribution in [2.45, 2.75) is 19.3 Å². The molecule has 0 atom stereocenters. The number of likely N-dealkylation sites (tertiary alicyclic amines) is 1. The van der Waals surface area contributed by atoms with E-state index in [-0.39, 0.29) is 5.91 Å². The van der Waals surface area contributed by atoms with Crippen LogP contribution in [0, 0.1) is 0 Å². The Morgan fingerprint density at radius 1 is 1.18 bits per heavy atom. The van der Waals surface area contributed by atoms with Gasteiger partial charge in [-0.2, -0.15) is 4.99 Å². The topological polar surface area (TPSA) is 35.9 Å². The zero-order valence-corrected chi connectivity index (χ0v) is 10.3. The molecule has 0 radical (unpaired) electrons. The molecule has 1 amide bonds. The molecule has 0 bridgehead atoms. The summed E-state index contributed by atoms with van der Waals surface area (Å²) in [7, 11) is 2.17. The maximum atomic E-state index is 10.8. The molecule has 0 aromatic rings. The summed E-state index contributed by atoms with van der Waals surface area (Å²) in [5.41, 5.74) is 0. The zero-order valence-electron chi connectivity index (χ0n) is 10.3. The van der Waals surface area contributed by atoms with Crippen LogP contribution < -0.4 is 0 Å². The first-order valence-electron chi connectivity index (χ1n) is 6.17. The van der Waals surface area contributed by atoms with Gasteiger partial charge in [-0.25, -0.2) is 0 Å². The number of hydrogen-bond donors (Lipinski definition) is 0. The van der Waals surface area contributed by atoms with E-state index in [0.29, 0.717) is 6.42 Å². The van der Waals surface area contributed by atoms with E-state index < -0.39 is 0 Å². The van der Waals surface area contributed by atoms with E-state index in [9.17, 15) is 4.79 Å². The predicted octanol–water partition coefficient (Wildman–Crippen LogP) is 1.41. The van der Waals surface area contributed by atoms with Crippen molar-refractivity contribution < 1.29 is 4.79 Å². The fourth-order valence-electron chi connectivity index (χ4n) is 2.03. The van der Waals surface area contributed by atoms with E-state index in [1.807, 2.05) is 29.3 Å². The second-order valence-electron chi connectivity index (χ2n) is 4.52. The van der Waals surface area contributed by atoms with E-state index in [1.54, 1.807) is 0 Å². The molecule has 0 aromatic heterocycles. The quantitative estimate of drug-likeness (QED) is 0.634. The lowest BCUT2D eigenvalue weighted by Crippen LogP contribution is -2.32. The molecule has 3 rings (SSSR count). The van der Waals surface area contributed by atoms with Gasteiger partial charge in [0.1, 0.15) is 5.84 Å². The van der Waals surface area contributed by atoms with Gasteiger partial charge in [-0.15, -0.1) is 0 Å². The molecule has 0 aliphatic carbocycles. The van der Waals surface area contributed by atoms with Crippen molar-refractivity contribution in [3.63, 3.8) is 0 Å². The Morgan fingerprint density at radius 2 is 1.94 bits per heavy atom. The summed E-state index contributed by atoms with van der Waals surface area (Å²) in [6.45, 7) is 3.40. The average molecular weight is 233 g/mol. The third kappa shape index (κ3) is 3.53. The lowest BCUT2D eigenvalue weighted by molar-refractivity contribution is -0.118. The summed E-state index contributed by atoms with van der Waals surface area (Å²) >= 11 is 0. The van der Waals surface area contributed by atoms with Crippen LogP contribution in [0.4, 0.5) is 0 Å². The number of fused-ring (bicyclic) bond motifs is 1. The van der Waals surface area contributed by atoms with Crippen molar-refractivity contribution in [3.05, 3.63) is 24.4 Å². The first-order chi connectivity index (χ1) is 8.25. The molecule has 92 valence electrons. The van der Waals surface area contributed by atoms with Gasteiger partial charge in [0.25, 0.3) is 0 Å². The van der Waals surface area contributed by atoms with Crippen LogP contribution in [0.3, 0.4) is 0 Å². The summed E-state index contributed by atoms with van der Waals surface area (Å²) < 4.78 is 0. The van der Waals surface area contributed by atoms with Crippen molar-refractivity contribution in [1.82, 2.24) is 9.80 Å². The largest absolute Gasteiger partial charge is 0.332 e. The average Bonchev–Trinajstić information content (AvgIpc) is 2.81. The first-order valence-corrected chi connectivity index (χ1v) is 6.17. The van der Waals surface area contributed by atoms with Gasteiger partial charge < -0.3 is 9.80 Å². The third-order valence-corrected chi connectivity index (χ3v) is 3.05. The van der Waals surface area contributed by atoms with Crippen molar-refractivity contribution in [1.29, 1.82) is 0 Å². The lowest BCUT2D eigenvalue weighted by atomic mass is 10.2. The Balaban J connectivity index is 0.000000153. The number of hydrogen-bond acceptors (Lipinski definition) is 3. The number of amidine groups is 1. The number of nitrogens with zero attached hydrogens (tertiary/aromatic N) is 3. The zero-order chi connectivity index (χ0) is 12.1. The Kier molecular flexibility index (Phi) is 4.09. The van der Waals surface area contributed by atoms with Crippen molar-refractivity contribution in [3.8, 4) is 0 Å². The van der Waals surface area contributed by atoms with Crippen molar-refractivity contribution >= 4 is 11.7 Å². The number of carbonyl (C=O) groups is 1. The molecule has 1 fully saturated rings. The Hall–Kier alpha value is -1.42. The van der Waals surface area contributed by atoms with Gasteiger partial charge in [-0.05, 0) is 45.1 Å². The maximum Gasteiger partial charge on any atom is 0.249 e. The van der Waals surface area contributed by atoms with Crippen LogP contribution in [0.5, 0.6) is 0 Å². The van der Waals surface area contributed by atoms with E-state index in [0.717, 1.165) is 12.4 Å². The van der Waals surface area contributed by atoms with Gasteiger partial charge in [-0.3, -0.25) is 4.79 Å². The van der Waals surface area contributed by atoms with Crippen LogP contribution in [-0.4, -0.2) is 48.2 Å². The molecule has 4 nitrogen and oxygen atoms in total. The van der Waals surface area contributed by atoms with Crippen LogP contribution in [0.25, 0.3) is 0 Å². The SMILES string of the molecule is CN1CCCC1.O=C1CCN2C=CC=CC2=N1. The Bertz CT molecular complexity index is 365. The fourth-order valence-corrected chi connectivity index (χ4v) is 2.03. The second-order valence-corrected chi connectivity index (χ2v) is 4.52. The van der Waals surface area contributed by atoms with Crippen LogP contribution in [-0.2, 0) is 4.79 Å². The molecule has 0 saturated carbocycles. The highest BCUT2D eigenvalue weighted by Gasteiger charge is 2.16. The molecule has 1 saturated heterocycles. The maximum absolute atomic E-state index is 10.8.